The van der Waals surface area contributed by atoms with Crippen molar-refractivity contribution >= 4 is 15.9 Å². The van der Waals surface area contributed by atoms with Gasteiger partial charge in [0.1, 0.15) is 0 Å². The van der Waals surface area contributed by atoms with E-state index in [1.165, 1.54) is 34.8 Å². The summed E-state index contributed by atoms with van der Waals surface area (Å²) in [6.07, 6.45) is 4.46. The molecular formula is C23H28N2O4S. The molecule has 6 nitrogen and oxygen atoms in total. The van der Waals surface area contributed by atoms with Crippen molar-refractivity contribution in [3.05, 3.63) is 65.7 Å². The molecule has 1 amide bonds. The van der Waals surface area contributed by atoms with Gasteiger partial charge in [-0.1, -0.05) is 43.2 Å². The maximum Gasteiger partial charge on any atom is 0.251 e. The van der Waals surface area contributed by atoms with Gasteiger partial charge in [0, 0.05) is 30.6 Å². The number of nitrogens with zero attached hydrogens (tertiary/aromatic N) is 1. The number of nitrogens with one attached hydrogen (secondary N) is 1. The Kier molecular flexibility index (Phi) is 6.22. The van der Waals surface area contributed by atoms with E-state index in [0.717, 1.165) is 12.8 Å². The predicted molar refractivity (Wildman–Crippen MR) is 115 cm³/mol. The maximum absolute atomic E-state index is 12.8. The Balaban J connectivity index is 1.44. The Morgan fingerprint density at radius 3 is 2.23 bits per heavy atom. The molecule has 0 radical (unpaired) electrons. The minimum atomic E-state index is -3.55. The number of hydrogen-bond donors (Lipinski definition) is 1. The summed E-state index contributed by atoms with van der Waals surface area (Å²) in [4.78, 5) is 13.0. The number of morpholine rings is 1. The summed E-state index contributed by atoms with van der Waals surface area (Å²) in [5, 5.41) is 3.09. The Morgan fingerprint density at radius 1 is 0.967 bits per heavy atom. The van der Waals surface area contributed by atoms with Gasteiger partial charge in [0.25, 0.3) is 5.91 Å². The molecular weight excluding hydrogens is 400 g/mol. The van der Waals surface area contributed by atoms with E-state index in [1.54, 1.807) is 12.1 Å². The molecule has 7 heteroatoms. The average Bonchev–Trinajstić information content (AvgIpc) is 3.29. The normalized spacial score (nSPS) is 19.5. The second-order valence-electron chi connectivity index (χ2n) is 8.08. The van der Waals surface area contributed by atoms with Gasteiger partial charge in [-0.2, -0.15) is 4.31 Å². The van der Waals surface area contributed by atoms with Gasteiger partial charge in [0.05, 0.1) is 18.1 Å². The second-order valence-corrected chi connectivity index (χ2v) is 10.0. The van der Waals surface area contributed by atoms with Gasteiger partial charge in [-0.25, -0.2) is 8.42 Å². The van der Waals surface area contributed by atoms with Crippen LogP contribution in [0.5, 0.6) is 0 Å². The van der Waals surface area contributed by atoms with Crippen molar-refractivity contribution in [3.63, 3.8) is 0 Å². The van der Waals surface area contributed by atoms with Gasteiger partial charge < -0.3 is 10.1 Å². The minimum absolute atomic E-state index is 0.0173. The van der Waals surface area contributed by atoms with E-state index in [0.29, 0.717) is 38.4 Å². The largest absolute Gasteiger partial charge is 0.379 e. The third-order valence-electron chi connectivity index (χ3n) is 6.26. The van der Waals surface area contributed by atoms with Crippen LogP contribution in [0.2, 0.25) is 0 Å². The van der Waals surface area contributed by atoms with Gasteiger partial charge in [-0.3, -0.25) is 4.79 Å². The van der Waals surface area contributed by atoms with E-state index in [2.05, 4.69) is 17.4 Å². The van der Waals surface area contributed by atoms with Crippen LogP contribution in [0.15, 0.2) is 59.5 Å². The van der Waals surface area contributed by atoms with Crippen molar-refractivity contribution in [2.24, 2.45) is 0 Å². The summed E-state index contributed by atoms with van der Waals surface area (Å²) in [5.41, 5.74) is 1.73. The monoisotopic (exact) mass is 428 g/mol. The van der Waals surface area contributed by atoms with Crippen molar-refractivity contribution in [1.82, 2.24) is 9.62 Å². The van der Waals surface area contributed by atoms with Gasteiger partial charge in [-0.05, 0) is 42.7 Å². The molecule has 2 aliphatic rings. The van der Waals surface area contributed by atoms with E-state index in [-0.39, 0.29) is 16.2 Å². The highest BCUT2D eigenvalue weighted by molar-refractivity contribution is 7.89. The Bertz CT molecular complexity index is 962. The molecule has 1 N–H and O–H groups in total. The van der Waals surface area contributed by atoms with Crippen molar-refractivity contribution in [2.75, 3.05) is 32.8 Å². The van der Waals surface area contributed by atoms with Crippen LogP contribution < -0.4 is 5.32 Å². The Morgan fingerprint density at radius 2 is 1.60 bits per heavy atom. The van der Waals surface area contributed by atoms with E-state index in [9.17, 15) is 13.2 Å². The predicted octanol–water partition coefficient (Wildman–Crippen LogP) is 2.95. The third kappa shape index (κ3) is 4.29. The van der Waals surface area contributed by atoms with E-state index in [1.807, 2.05) is 18.2 Å². The van der Waals surface area contributed by atoms with Crippen molar-refractivity contribution in [2.45, 2.75) is 36.0 Å². The van der Waals surface area contributed by atoms with Crippen LogP contribution in [0.4, 0.5) is 0 Å². The highest BCUT2D eigenvalue weighted by Crippen LogP contribution is 2.40. The van der Waals surface area contributed by atoms with Crippen LogP contribution in [-0.4, -0.2) is 51.5 Å². The van der Waals surface area contributed by atoms with Gasteiger partial charge >= 0.3 is 0 Å². The second kappa shape index (κ2) is 8.88. The SMILES string of the molecule is O=C(NCC1(c2ccccc2)CCCC1)c1ccc(S(=O)(=O)N2CCOCC2)cc1. The quantitative estimate of drug-likeness (QED) is 0.768. The molecule has 2 aromatic rings. The fraction of sp³-hybridized carbons (Fsp3) is 0.435. The van der Waals surface area contributed by atoms with Gasteiger partial charge in [0.2, 0.25) is 10.0 Å². The van der Waals surface area contributed by atoms with Crippen LogP contribution in [0.3, 0.4) is 0 Å². The number of carbonyl (C=O) groups is 1. The summed E-state index contributed by atoms with van der Waals surface area (Å²) in [7, 11) is -3.55. The van der Waals surface area contributed by atoms with Crippen LogP contribution in [-0.2, 0) is 20.2 Å². The molecule has 2 aromatic carbocycles. The fourth-order valence-electron chi connectivity index (χ4n) is 4.48. The number of hydrogen-bond acceptors (Lipinski definition) is 4. The lowest BCUT2D eigenvalue weighted by Crippen LogP contribution is -2.40. The first-order valence-corrected chi connectivity index (χ1v) is 12.0. The standard InChI is InChI=1S/C23H28N2O4S/c26-22(24-18-23(12-4-5-13-23)20-6-2-1-3-7-20)19-8-10-21(11-9-19)30(27,28)25-14-16-29-17-15-25/h1-3,6-11H,4-5,12-18H2,(H,24,26). The number of carbonyl (C=O) groups excluding carboxylic acids is 1. The molecule has 0 atom stereocenters. The number of sulfonamides is 1. The average molecular weight is 429 g/mol. The molecule has 1 saturated carbocycles. The molecule has 2 fully saturated rings. The molecule has 4 rings (SSSR count). The maximum atomic E-state index is 12.8. The lowest BCUT2D eigenvalue weighted by molar-refractivity contribution is 0.0730. The van der Waals surface area contributed by atoms with Crippen molar-refractivity contribution < 1.29 is 17.9 Å². The zero-order chi connectivity index (χ0) is 21.0. The first-order chi connectivity index (χ1) is 14.5. The molecule has 160 valence electrons. The Hall–Kier alpha value is -2.22. The number of rotatable bonds is 6. The molecule has 30 heavy (non-hydrogen) atoms. The van der Waals surface area contributed by atoms with Crippen LogP contribution in [0.1, 0.15) is 41.6 Å². The fourth-order valence-corrected chi connectivity index (χ4v) is 5.88. The zero-order valence-corrected chi connectivity index (χ0v) is 17.9. The zero-order valence-electron chi connectivity index (χ0n) is 17.0. The molecule has 1 heterocycles. The number of amides is 1. The van der Waals surface area contributed by atoms with Gasteiger partial charge in [-0.15, -0.1) is 0 Å². The van der Waals surface area contributed by atoms with E-state index in [4.69, 9.17) is 4.74 Å². The third-order valence-corrected chi connectivity index (χ3v) is 8.17. The molecule has 0 aromatic heterocycles. The minimum Gasteiger partial charge on any atom is -0.379 e. The molecule has 0 unspecified atom stereocenters. The topological polar surface area (TPSA) is 75.7 Å². The number of benzene rings is 2. The number of ether oxygens (including phenoxy) is 1. The van der Waals surface area contributed by atoms with Crippen LogP contribution >= 0.6 is 0 Å². The summed E-state index contributed by atoms with van der Waals surface area (Å²) in [5.74, 6) is -0.174. The molecule has 1 saturated heterocycles. The lowest BCUT2D eigenvalue weighted by Gasteiger charge is -2.30. The first kappa shape index (κ1) is 21.0. The smallest absolute Gasteiger partial charge is 0.251 e. The van der Waals surface area contributed by atoms with Crippen LogP contribution in [0, 0.1) is 0 Å². The summed E-state index contributed by atoms with van der Waals surface area (Å²) >= 11 is 0. The van der Waals surface area contributed by atoms with Crippen molar-refractivity contribution in [3.8, 4) is 0 Å². The highest BCUT2D eigenvalue weighted by atomic mass is 32.2. The van der Waals surface area contributed by atoms with E-state index < -0.39 is 10.0 Å². The summed E-state index contributed by atoms with van der Waals surface area (Å²) < 4.78 is 32.1. The molecule has 1 aliphatic carbocycles. The van der Waals surface area contributed by atoms with Crippen LogP contribution in [0.25, 0.3) is 0 Å². The van der Waals surface area contributed by atoms with Gasteiger partial charge in [0.15, 0.2) is 0 Å². The molecule has 0 bridgehead atoms. The van der Waals surface area contributed by atoms with E-state index >= 15 is 0 Å². The Labute approximate surface area is 178 Å². The highest BCUT2D eigenvalue weighted by Gasteiger charge is 2.35. The molecule has 1 aliphatic heterocycles. The first-order valence-electron chi connectivity index (χ1n) is 10.5. The molecule has 0 spiro atoms. The van der Waals surface area contributed by atoms with Crippen molar-refractivity contribution in [1.29, 1.82) is 0 Å². The lowest BCUT2D eigenvalue weighted by atomic mass is 9.79. The summed E-state index contributed by atoms with van der Waals surface area (Å²) in [6.45, 7) is 2.10. The summed E-state index contributed by atoms with van der Waals surface area (Å²) in [6, 6.07) is 16.6.